The van der Waals surface area contributed by atoms with Crippen LogP contribution in [-0.2, 0) is 6.61 Å². The number of allylic oxidation sites excluding steroid dienone is 1. The van der Waals surface area contributed by atoms with Gasteiger partial charge in [-0.15, -0.1) is 0 Å². The predicted octanol–water partition coefficient (Wildman–Crippen LogP) is 5.62. The van der Waals surface area contributed by atoms with Crippen LogP contribution in [0.4, 0.5) is 5.69 Å². The second kappa shape index (κ2) is 9.50. The van der Waals surface area contributed by atoms with Crippen LogP contribution in [0.25, 0.3) is 6.08 Å². The molecule has 0 saturated carbocycles. The van der Waals surface area contributed by atoms with Crippen LogP contribution in [0.3, 0.4) is 0 Å². The van der Waals surface area contributed by atoms with Gasteiger partial charge in [-0.25, -0.2) is 0 Å². The van der Waals surface area contributed by atoms with Gasteiger partial charge in [-0.05, 0) is 29.8 Å². The van der Waals surface area contributed by atoms with E-state index in [-0.39, 0.29) is 23.4 Å². The molecule has 0 atom stereocenters. The third kappa shape index (κ3) is 5.10. The Balaban J connectivity index is 1.86. The van der Waals surface area contributed by atoms with E-state index < -0.39 is 10.7 Å². The largest absolute Gasteiger partial charge is 0.488 e. The molecule has 0 fully saturated rings. The molecule has 0 bridgehead atoms. The van der Waals surface area contributed by atoms with Crippen molar-refractivity contribution in [1.82, 2.24) is 0 Å². The van der Waals surface area contributed by atoms with Crippen molar-refractivity contribution >= 4 is 29.1 Å². The second-order valence-corrected chi connectivity index (χ2v) is 6.70. The standard InChI is InChI=1S/C23H15ClN2O4/c24-20-10-8-16(9-11-20)15-30-22-7-2-1-4-17(22)12-19(14-25)23(27)18-5-3-6-21(13-18)26(28)29/h1-13H,15H2. The SMILES string of the molecule is N#CC(=Cc1ccccc1OCc1ccc(Cl)cc1)C(=O)c1cccc([N+](=O)[O-])c1. The second-order valence-electron chi connectivity index (χ2n) is 6.26. The molecular formula is C23H15ClN2O4. The summed E-state index contributed by atoms with van der Waals surface area (Å²) >= 11 is 5.89. The molecule has 0 amide bonds. The van der Waals surface area contributed by atoms with E-state index in [9.17, 15) is 20.2 Å². The van der Waals surface area contributed by atoms with Gasteiger partial charge in [0.05, 0.1) is 4.92 Å². The van der Waals surface area contributed by atoms with Crippen LogP contribution in [0.5, 0.6) is 5.75 Å². The van der Waals surface area contributed by atoms with Gasteiger partial charge in [0.15, 0.2) is 0 Å². The number of halogens is 1. The Morgan fingerprint density at radius 2 is 1.83 bits per heavy atom. The van der Waals surface area contributed by atoms with Crippen molar-refractivity contribution in [3.63, 3.8) is 0 Å². The minimum atomic E-state index is -0.603. The molecule has 6 nitrogen and oxygen atoms in total. The van der Waals surface area contributed by atoms with E-state index in [2.05, 4.69) is 0 Å². The lowest BCUT2D eigenvalue weighted by molar-refractivity contribution is -0.384. The van der Waals surface area contributed by atoms with Gasteiger partial charge >= 0.3 is 0 Å². The molecule has 0 heterocycles. The molecular weight excluding hydrogens is 404 g/mol. The average Bonchev–Trinajstić information content (AvgIpc) is 2.77. The molecule has 0 radical (unpaired) electrons. The first-order valence-corrected chi connectivity index (χ1v) is 9.23. The molecule has 3 aromatic rings. The van der Waals surface area contributed by atoms with E-state index in [1.807, 2.05) is 18.2 Å². The molecule has 0 aliphatic rings. The summed E-state index contributed by atoms with van der Waals surface area (Å²) in [6.45, 7) is 0.280. The lowest BCUT2D eigenvalue weighted by Crippen LogP contribution is -2.03. The smallest absolute Gasteiger partial charge is 0.270 e. The van der Waals surface area contributed by atoms with E-state index in [1.54, 1.807) is 36.4 Å². The quantitative estimate of drug-likeness (QED) is 0.163. The van der Waals surface area contributed by atoms with Gasteiger partial charge < -0.3 is 4.74 Å². The van der Waals surface area contributed by atoms with E-state index in [4.69, 9.17) is 16.3 Å². The van der Waals surface area contributed by atoms with Crippen molar-refractivity contribution < 1.29 is 14.5 Å². The molecule has 30 heavy (non-hydrogen) atoms. The van der Waals surface area contributed by atoms with E-state index >= 15 is 0 Å². The third-order valence-electron chi connectivity index (χ3n) is 4.21. The predicted molar refractivity (Wildman–Crippen MR) is 113 cm³/mol. The van der Waals surface area contributed by atoms with Crippen LogP contribution in [-0.4, -0.2) is 10.7 Å². The fraction of sp³-hybridized carbons (Fsp3) is 0.0435. The molecule has 148 valence electrons. The van der Waals surface area contributed by atoms with Crippen molar-refractivity contribution in [3.05, 3.63) is 110 Å². The highest BCUT2D eigenvalue weighted by molar-refractivity contribution is 6.30. The molecule has 0 N–H and O–H groups in total. The van der Waals surface area contributed by atoms with Crippen LogP contribution >= 0.6 is 11.6 Å². The number of nitrogens with zero attached hydrogens (tertiary/aromatic N) is 2. The Hall–Kier alpha value is -3.95. The zero-order valence-electron chi connectivity index (χ0n) is 15.6. The highest BCUT2D eigenvalue weighted by atomic mass is 35.5. The summed E-state index contributed by atoms with van der Waals surface area (Å²) in [6, 6.07) is 21.3. The first-order valence-electron chi connectivity index (χ1n) is 8.85. The number of Topliss-reactive ketones (excluding diaryl/α,β-unsaturated/α-hetero) is 1. The number of carbonyl (C=O) groups is 1. The van der Waals surface area contributed by atoms with Crippen molar-refractivity contribution in [2.24, 2.45) is 0 Å². The highest BCUT2D eigenvalue weighted by Gasteiger charge is 2.16. The molecule has 3 aromatic carbocycles. The number of benzene rings is 3. The monoisotopic (exact) mass is 418 g/mol. The van der Waals surface area contributed by atoms with E-state index in [0.717, 1.165) is 11.6 Å². The summed E-state index contributed by atoms with van der Waals surface area (Å²) in [7, 11) is 0. The van der Waals surface area contributed by atoms with Crippen LogP contribution in [0.15, 0.2) is 78.4 Å². The third-order valence-corrected chi connectivity index (χ3v) is 4.46. The number of para-hydroxylation sites is 1. The normalized spacial score (nSPS) is 10.9. The van der Waals surface area contributed by atoms with Gasteiger partial charge in [-0.1, -0.05) is 54.1 Å². The molecule has 0 spiro atoms. The Morgan fingerprint density at radius 3 is 2.53 bits per heavy atom. The number of rotatable bonds is 7. The van der Waals surface area contributed by atoms with Crippen molar-refractivity contribution in [3.8, 4) is 11.8 Å². The lowest BCUT2D eigenvalue weighted by Gasteiger charge is -2.10. The molecule has 0 unspecified atom stereocenters. The average molecular weight is 419 g/mol. The van der Waals surface area contributed by atoms with Gasteiger partial charge in [0.25, 0.3) is 5.69 Å². The van der Waals surface area contributed by atoms with Gasteiger partial charge in [-0.2, -0.15) is 5.26 Å². The number of non-ortho nitro benzene ring substituents is 1. The topological polar surface area (TPSA) is 93.2 Å². The van der Waals surface area contributed by atoms with E-state index in [1.165, 1.54) is 24.3 Å². The van der Waals surface area contributed by atoms with Gasteiger partial charge in [0.2, 0.25) is 5.78 Å². The van der Waals surface area contributed by atoms with Crippen molar-refractivity contribution in [1.29, 1.82) is 5.26 Å². The molecule has 7 heteroatoms. The molecule has 0 saturated heterocycles. The molecule has 0 aliphatic carbocycles. The zero-order valence-corrected chi connectivity index (χ0v) is 16.4. The number of nitriles is 1. The van der Waals surface area contributed by atoms with Crippen LogP contribution < -0.4 is 4.74 Å². The summed E-state index contributed by atoms with van der Waals surface area (Å²) in [4.78, 5) is 23.1. The number of carbonyl (C=O) groups excluding carboxylic acids is 1. The highest BCUT2D eigenvalue weighted by Crippen LogP contribution is 2.24. The van der Waals surface area contributed by atoms with Crippen molar-refractivity contribution in [2.45, 2.75) is 6.61 Å². The Morgan fingerprint density at radius 1 is 1.10 bits per heavy atom. The van der Waals surface area contributed by atoms with Crippen LogP contribution in [0.1, 0.15) is 21.5 Å². The number of nitro groups is 1. The van der Waals surface area contributed by atoms with Gasteiger partial charge in [0.1, 0.15) is 24.0 Å². The van der Waals surface area contributed by atoms with Gasteiger partial charge in [0, 0.05) is 28.3 Å². The first kappa shape index (κ1) is 20.8. The summed E-state index contributed by atoms with van der Waals surface area (Å²) in [6.07, 6.45) is 1.42. The molecule has 3 rings (SSSR count). The zero-order chi connectivity index (χ0) is 21.5. The van der Waals surface area contributed by atoms with E-state index in [0.29, 0.717) is 16.3 Å². The first-order chi connectivity index (χ1) is 14.5. The van der Waals surface area contributed by atoms with Gasteiger partial charge in [-0.3, -0.25) is 14.9 Å². The summed E-state index contributed by atoms with van der Waals surface area (Å²) in [5.74, 6) is -0.110. The minimum absolute atomic E-state index is 0.0663. The number of hydrogen-bond donors (Lipinski definition) is 0. The maximum absolute atomic E-state index is 12.7. The summed E-state index contributed by atoms with van der Waals surface area (Å²) in [5.41, 5.74) is 1.15. The number of hydrogen-bond acceptors (Lipinski definition) is 5. The maximum atomic E-state index is 12.7. The summed E-state index contributed by atoms with van der Waals surface area (Å²) < 4.78 is 5.85. The number of ketones is 1. The minimum Gasteiger partial charge on any atom is -0.488 e. The fourth-order valence-corrected chi connectivity index (χ4v) is 2.82. The number of ether oxygens (including phenoxy) is 1. The Labute approximate surface area is 177 Å². The Kier molecular flexibility index (Phi) is 6.58. The summed E-state index contributed by atoms with van der Waals surface area (Å²) in [5, 5.41) is 21.1. The Bertz CT molecular complexity index is 1160. The fourth-order valence-electron chi connectivity index (χ4n) is 2.69. The lowest BCUT2D eigenvalue weighted by atomic mass is 10.0. The number of nitro benzene ring substituents is 1. The molecule has 0 aromatic heterocycles. The van der Waals surface area contributed by atoms with Crippen LogP contribution in [0, 0.1) is 21.4 Å². The molecule has 0 aliphatic heterocycles. The van der Waals surface area contributed by atoms with Crippen molar-refractivity contribution in [2.75, 3.05) is 0 Å². The van der Waals surface area contributed by atoms with Crippen LogP contribution in [0.2, 0.25) is 5.02 Å². The maximum Gasteiger partial charge on any atom is 0.270 e.